The van der Waals surface area contributed by atoms with Crippen LogP contribution in [0.4, 0.5) is 0 Å². The highest BCUT2D eigenvalue weighted by Gasteiger charge is 2.02. The monoisotopic (exact) mass is 187 g/mol. The number of halogens is 1. The van der Waals surface area contributed by atoms with E-state index in [1.807, 2.05) is 4.90 Å². The molecule has 0 saturated heterocycles. The Kier molecular flexibility index (Phi) is 6.72. The predicted octanol–water partition coefficient (Wildman–Crippen LogP) is 1.82. The number of hydrogen-bond acceptors (Lipinski definition) is 2. The van der Waals surface area contributed by atoms with Crippen LogP contribution in [0, 0.1) is 0 Å². The maximum atomic E-state index is 10.4. The first kappa shape index (κ1) is 11.4. The van der Waals surface area contributed by atoms with Gasteiger partial charge in [0.25, 0.3) is 0 Å². The van der Waals surface area contributed by atoms with Crippen molar-refractivity contribution in [2.45, 2.75) is 6.42 Å². The largest absolute Gasteiger partial charge is 0.296 e. The van der Waals surface area contributed by atoms with E-state index in [0.717, 1.165) is 13.1 Å². The summed E-state index contributed by atoms with van der Waals surface area (Å²) < 4.78 is 0. The van der Waals surface area contributed by atoms with E-state index in [4.69, 9.17) is 11.6 Å². The van der Waals surface area contributed by atoms with Crippen molar-refractivity contribution >= 4 is 16.8 Å². The van der Waals surface area contributed by atoms with Crippen molar-refractivity contribution in [1.82, 2.24) is 4.90 Å². The lowest BCUT2D eigenvalue weighted by molar-refractivity contribution is -0.111. The highest BCUT2D eigenvalue weighted by molar-refractivity contribution is 6.63. The van der Waals surface area contributed by atoms with E-state index >= 15 is 0 Å². The summed E-state index contributed by atoms with van der Waals surface area (Å²) in [5.41, 5.74) is 0. The van der Waals surface area contributed by atoms with E-state index in [0.29, 0.717) is 13.0 Å². The van der Waals surface area contributed by atoms with Gasteiger partial charge in [-0.05, 0) is 11.6 Å². The number of rotatable bonds is 7. The van der Waals surface area contributed by atoms with Crippen LogP contribution < -0.4 is 0 Å². The second-order valence-electron chi connectivity index (χ2n) is 2.44. The van der Waals surface area contributed by atoms with Gasteiger partial charge in [-0.2, -0.15) is 0 Å². The Morgan fingerprint density at radius 3 is 2.17 bits per heavy atom. The minimum absolute atomic E-state index is 0.298. The molecule has 0 unspecified atom stereocenters. The molecule has 0 aliphatic heterocycles. The summed E-state index contributed by atoms with van der Waals surface area (Å²) in [6.45, 7) is 9.42. The summed E-state index contributed by atoms with van der Waals surface area (Å²) in [6.07, 6.45) is 3.97. The van der Waals surface area contributed by atoms with E-state index < -0.39 is 0 Å². The minimum atomic E-state index is -0.298. The van der Waals surface area contributed by atoms with Gasteiger partial charge < -0.3 is 0 Å². The summed E-state index contributed by atoms with van der Waals surface area (Å²) in [7, 11) is 0. The number of carbonyl (C=O) groups is 1. The van der Waals surface area contributed by atoms with Crippen LogP contribution in [-0.2, 0) is 4.79 Å². The lowest BCUT2D eigenvalue weighted by atomic mass is 10.4. The third kappa shape index (κ3) is 6.13. The molecule has 0 radical (unpaired) electrons. The fourth-order valence-electron chi connectivity index (χ4n) is 0.868. The summed E-state index contributed by atoms with van der Waals surface area (Å²) >= 11 is 5.20. The zero-order valence-electron chi connectivity index (χ0n) is 7.13. The molecule has 0 aliphatic rings. The van der Waals surface area contributed by atoms with E-state index in [1.54, 1.807) is 12.2 Å². The maximum absolute atomic E-state index is 10.4. The molecular weight excluding hydrogens is 174 g/mol. The summed E-state index contributed by atoms with van der Waals surface area (Å²) in [5.74, 6) is 0. The highest BCUT2D eigenvalue weighted by Crippen LogP contribution is 1.95. The van der Waals surface area contributed by atoms with Crippen molar-refractivity contribution in [3.05, 3.63) is 25.3 Å². The molecular formula is C9H14ClNO. The van der Waals surface area contributed by atoms with E-state index in [9.17, 15) is 4.79 Å². The molecule has 0 aliphatic carbocycles. The van der Waals surface area contributed by atoms with Gasteiger partial charge in [0.1, 0.15) is 0 Å². The molecule has 68 valence electrons. The average molecular weight is 188 g/mol. The molecule has 0 heterocycles. The number of carbonyl (C=O) groups excluding carboxylic acids is 1. The van der Waals surface area contributed by atoms with Crippen molar-refractivity contribution < 1.29 is 4.79 Å². The normalized spacial score (nSPS) is 9.83. The Morgan fingerprint density at radius 2 is 1.83 bits per heavy atom. The predicted molar refractivity (Wildman–Crippen MR) is 52.3 cm³/mol. The number of hydrogen-bond donors (Lipinski definition) is 0. The van der Waals surface area contributed by atoms with Gasteiger partial charge in [-0.25, -0.2) is 0 Å². The van der Waals surface area contributed by atoms with Crippen molar-refractivity contribution in [2.75, 3.05) is 19.6 Å². The lowest BCUT2D eigenvalue weighted by Gasteiger charge is -2.16. The number of nitrogens with zero attached hydrogens (tertiary/aromatic N) is 1. The zero-order chi connectivity index (χ0) is 9.40. The molecule has 0 spiro atoms. The molecule has 0 fully saturated rings. The SMILES string of the molecule is C=CCN(CC=C)CCC(=O)Cl. The molecule has 2 nitrogen and oxygen atoms in total. The van der Waals surface area contributed by atoms with Crippen LogP contribution in [0.25, 0.3) is 0 Å². The molecule has 0 N–H and O–H groups in total. The Balaban J connectivity index is 3.68. The second-order valence-corrected chi connectivity index (χ2v) is 2.86. The smallest absolute Gasteiger partial charge is 0.222 e. The van der Waals surface area contributed by atoms with Crippen molar-refractivity contribution in [2.24, 2.45) is 0 Å². The maximum Gasteiger partial charge on any atom is 0.222 e. The van der Waals surface area contributed by atoms with Crippen molar-refractivity contribution in [3.8, 4) is 0 Å². The third-order valence-corrected chi connectivity index (χ3v) is 1.59. The van der Waals surface area contributed by atoms with Gasteiger partial charge in [0.05, 0.1) is 0 Å². The third-order valence-electron chi connectivity index (χ3n) is 1.40. The molecule has 0 saturated carbocycles. The standard InChI is InChI=1S/C9H14ClNO/c1-3-6-11(7-4-2)8-5-9(10)12/h3-4H,1-2,5-8H2. The lowest BCUT2D eigenvalue weighted by Crippen LogP contribution is -2.25. The molecule has 0 aromatic heterocycles. The molecule has 0 amide bonds. The minimum Gasteiger partial charge on any atom is -0.296 e. The first-order valence-corrected chi connectivity index (χ1v) is 4.21. The fraction of sp³-hybridized carbons (Fsp3) is 0.444. The van der Waals surface area contributed by atoms with Crippen molar-refractivity contribution in [1.29, 1.82) is 0 Å². The Bertz CT molecular complexity index is 158. The molecule has 3 heteroatoms. The summed E-state index contributed by atoms with van der Waals surface area (Å²) in [6, 6.07) is 0. The van der Waals surface area contributed by atoms with Crippen LogP contribution in [0.15, 0.2) is 25.3 Å². The molecule has 0 aromatic carbocycles. The van der Waals surface area contributed by atoms with Gasteiger partial charge in [-0.1, -0.05) is 12.2 Å². The molecule has 0 bridgehead atoms. The van der Waals surface area contributed by atoms with Crippen LogP contribution in [0.2, 0.25) is 0 Å². The Labute approximate surface area is 78.5 Å². The van der Waals surface area contributed by atoms with Crippen LogP contribution in [-0.4, -0.2) is 29.8 Å². The van der Waals surface area contributed by atoms with Gasteiger partial charge in [0, 0.05) is 26.1 Å². The van der Waals surface area contributed by atoms with E-state index in [1.165, 1.54) is 0 Å². The van der Waals surface area contributed by atoms with Gasteiger partial charge >= 0.3 is 0 Å². The topological polar surface area (TPSA) is 20.3 Å². The Morgan fingerprint density at radius 1 is 1.33 bits per heavy atom. The van der Waals surface area contributed by atoms with Gasteiger partial charge in [0.2, 0.25) is 5.24 Å². The van der Waals surface area contributed by atoms with Crippen LogP contribution in [0.5, 0.6) is 0 Å². The fourth-order valence-corrected chi connectivity index (χ4v) is 0.953. The molecule has 0 rings (SSSR count). The molecule has 0 atom stereocenters. The van der Waals surface area contributed by atoms with Gasteiger partial charge in [-0.15, -0.1) is 13.2 Å². The Hall–Kier alpha value is -0.600. The first-order chi connectivity index (χ1) is 5.70. The van der Waals surface area contributed by atoms with Crippen LogP contribution >= 0.6 is 11.6 Å². The van der Waals surface area contributed by atoms with Gasteiger partial charge in [0.15, 0.2) is 0 Å². The highest BCUT2D eigenvalue weighted by atomic mass is 35.5. The van der Waals surface area contributed by atoms with Crippen LogP contribution in [0.1, 0.15) is 6.42 Å². The summed E-state index contributed by atoms with van der Waals surface area (Å²) in [5, 5.41) is -0.298. The molecule has 12 heavy (non-hydrogen) atoms. The van der Waals surface area contributed by atoms with Crippen molar-refractivity contribution in [3.63, 3.8) is 0 Å². The van der Waals surface area contributed by atoms with Gasteiger partial charge in [-0.3, -0.25) is 9.69 Å². The molecule has 0 aromatic rings. The first-order valence-electron chi connectivity index (χ1n) is 3.83. The second kappa shape index (κ2) is 7.07. The zero-order valence-corrected chi connectivity index (χ0v) is 7.89. The summed E-state index contributed by atoms with van der Waals surface area (Å²) in [4.78, 5) is 12.5. The quantitative estimate of drug-likeness (QED) is 0.448. The van der Waals surface area contributed by atoms with E-state index in [-0.39, 0.29) is 5.24 Å². The van der Waals surface area contributed by atoms with E-state index in [2.05, 4.69) is 13.2 Å². The van der Waals surface area contributed by atoms with Crippen LogP contribution in [0.3, 0.4) is 0 Å². The average Bonchev–Trinajstić information content (AvgIpc) is 2.01.